The number of anilines is 1. The van der Waals surface area contributed by atoms with Crippen molar-refractivity contribution in [1.29, 1.82) is 0 Å². The van der Waals surface area contributed by atoms with Crippen molar-refractivity contribution in [2.24, 2.45) is 4.99 Å². The number of guanidine groups is 1. The van der Waals surface area contributed by atoms with Crippen LogP contribution in [0.1, 0.15) is 12.5 Å². The molecule has 0 bridgehead atoms. The van der Waals surface area contributed by atoms with Crippen molar-refractivity contribution in [3.8, 4) is 0 Å². The molecule has 0 saturated carbocycles. The monoisotopic (exact) mass is 433 g/mol. The number of benzene rings is 2. The van der Waals surface area contributed by atoms with Crippen LogP contribution in [0.2, 0.25) is 0 Å². The first-order valence-electron chi connectivity index (χ1n) is 9.59. The van der Waals surface area contributed by atoms with Crippen LogP contribution < -0.4 is 16.0 Å². The minimum Gasteiger partial charge on any atom is -0.378 e. The van der Waals surface area contributed by atoms with Crippen molar-refractivity contribution in [3.63, 3.8) is 0 Å². The summed E-state index contributed by atoms with van der Waals surface area (Å²) in [6.45, 7) is 4.18. The first-order chi connectivity index (χ1) is 14.3. The molecule has 0 amide bonds. The Morgan fingerprint density at radius 3 is 2.47 bits per heavy atom. The molecular formula is C20H27N5O4S. The molecule has 0 aliphatic carbocycles. The molecule has 10 heteroatoms. The zero-order valence-electron chi connectivity index (χ0n) is 17.1. The Morgan fingerprint density at radius 2 is 1.83 bits per heavy atom. The Morgan fingerprint density at radius 1 is 1.10 bits per heavy atom. The van der Waals surface area contributed by atoms with Crippen molar-refractivity contribution in [1.82, 2.24) is 10.6 Å². The fraction of sp³-hybridized carbons (Fsp3) is 0.350. The highest BCUT2D eigenvalue weighted by Crippen LogP contribution is 2.27. The minimum absolute atomic E-state index is 0.0853. The van der Waals surface area contributed by atoms with Crippen LogP contribution in [0.5, 0.6) is 0 Å². The first kappa shape index (κ1) is 23.1. The van der Waals surface area contributed by atoms with Gasteiger partial charge in [-0.2, -0.15) is 0 Å². The average molecular weight is 434 g/mol. The summed E-state index contributed by atoms with van der Waals surface area (Å²) in [5.41, 5.74) is 1.20. The van der Waals surface area contributed by atoms with Crippen LogP contribution in [0.25, 0.3) is 0 Å². The minimum atomic E-state index is -3.52. The van der Waals surface area contributed by atoms with Gasteiger partial charge >= 0.3 is 0 Å². The van der Waals surface area contributed by atoms with E-state index in [0.29, 0.717) is 32.1 Å². The predicted octanol–water partition coefficient (Wildman–Crippen LogP) is 2.21. The van der Waals surface area contributed by atoms with Gasteiger partial charge < -0.3 is 16.0 Å². The molecule has 0 atom stereocenters. The smallest absolute Gasteiger partial charge is 0.293 e. The van der Waals surface area contributed by atoms with Crippen molar-refractivity contribution in [3.05, 3.63) is 64.2 Å². The van der Waals surface area contributed by atoms with Crippen molar-refractivity contribution in [2.45, 2.75) is 18.2 Å². The van der Waals surface area contributed by atoms with Gasteiger partial charge in [-0.3, -0.25) is 15.1 Å². The molecule has 0 aliphatic rings. The van der Waals surface area contributed by atoms with Crippen LogP contribution in [0.3, 0.4) is 0 Å². The zero-order valence-corrected chi connectivity index (χ0v) is 17.9. The largest absolute Gasteiger partial charge is 0.378 e. The van der Waals surface area contributed by atoms with Crippen molar-refractivity contribution in [2.75, 3.05) is 37.8 Å². The van der Waals surface area contributed by atoms with Gasteiger partial charge in [0.15, 0.2) is 15.8 Å². The van der Waals surface area contributed by atoms with E-state index in [1.54, 1.807) is 0 Å². The Kier molecular flexibility index (Phi) is 8.60. The molecule has 0 spiro atoms. The lowest BCUT2D eigenvalue weighted by Gasteiger charge is -2.13. The number of sulfone groups is 1. The Hall–Kier alpha value is -3.14. The normalized spacial score (nSPS) is 11.7. The van der Waals surface area contributed by atoms with Gasteiger partial charge in [0.05, 0.1) is 9.82 Å². The Labute approximate surface area is 176 Å². The molecule has 30 heavy (non-hydrogen) atoms. The predicted molar refractivity (Wildman–Crippen MR) is 119 cm³/mol. The summed E-state index contributed by atoms with van der Waals surface area (Å²) in [4.78, 5) is 15.1. The van der Waals surface area contributed by atoms with E-state index in [1.165, 1.54) is 17.7 Å². The lowest BCUT2D eigenvalue weighted by atomic mass is 10.2. The molecule has 2 aromatic carbocycles. The van der Waals surface area contributed by atoms with Crippen molar-refractivity contribution >= 4 is 27.2 Å². The molecular weight excluding hydrogens is 406 g/mol. The number of nitro groups is 1. The second-order valence-corrected chi connectivity index (χ2v) is 8.57. The van der Waals surface area contributed by atoms with E-state index in [1.807, 2.05) is 25.1 Å². The third kappa shape index (κ3) is 7.36. The van der Waals surface area contributed by atoms with Gasteiger partial charge in [-0.05, 0) is 31.0 Å². The van der Waals surface area contributed by atoms with Crippen LogP contribution in [0, 0.1) is 10.1 Å². The summed E-state index contributed by atoms with van der Waals surface area (Å²) < 4.78 is 23.2. The number of nitrogens with one attached hydrogen (secondary N) is 3. The molecule has 2 rings (SSSR count). The fourth-order valence-electron chi connectivity index (χ4n) is 2.70. The highest BCUT2D eigenvalue weighted by atomic mass is 32.2. The summed E-state index contributed by atoms with van der Waals surface area (Å²) in [6, 6.07) is 13.9. The average Bonchev–Trinajstić information content (AvgIpc) is 2.71. The molecule has 0 unspecified atom stereocenters. The molecule has 162 valence electrons. The SMILES string of the molecule is CCNC(=NCCc1ccccc1)NCCNc1ccc(S(C)(=O)=O)cc1[N+](=O)[O-]. The van der Waals surface area contributed by atoms with Crippen molar-refractivity contribution < 1.29 is 13.3 Å². The summed E-state index contributed by atoms with van der Waals surface area (Å²) >= 11 is 0. The number of nitro benzene ring substituents is 1. The third-order valence-corrected chi connectivity index (χ3v) is 5.29. The van der Waals surface area contributed by atoms with E-state index >= 15 is 0 Å². The Balaban J connectivity index is 1.91. The summed E-state index contributed by atoms with van der Waals surface area (Å²) in [7, 11) is -3.52. The number of rotatable bonds is 10. The second kappa shape index (κ2) is 11.1. The van der Waals surface area contributed by atoms with E-state index in [4.69, 9.17) is 0 Å². The summed E-state index contributed by atoms with van der Waals surface area (Å²) in [5.74, 6) is 0.664. The molecule has 0 fully saturated rings. The van der Waals surface area contributed by atoms with Crippen LogP contribution in [0.4, 0.5) is 11.4 Å². The summed E-state index contributed by atoms with van der Waals surface area (Å²) in [6.07, 6.45) is 1.84. The number of hydrogen-bond donors (Lipinski definition) is 3. The maximum Gasteiger partial charge on any atom is 0.293 e. The van der Waals surface area contributed by atoms with Gasteiger partial charge in [-0.15, -0.1) is 0 Å². The molecule has 2 aromatic rings. The molecule has 0 saturated heterocycles. The van der Waals surface area contributed by atoms with Crippen LogP contribution in [-0.4, -0.2) is 51.7 Å². The van der Waals surface area contributed by atoms with Crippen LogP contribution in [-0.2, 0) is 16.3 Å². The molecule has 0 heterocycles. The van der Waals surface area contributed by atoms with Gasteiger partial charge in [0.2, 0.25) is 0 Å². The molecule has 0 aromatic heterocycles. The summed E-state index contributed by atoms with van der Waals surface area (Å²) in [5, 5.41) is 20.6. The Bertz CT molecular complexity index is 978. The topological polar surface area (TPSA) is 126 Å². The second-order valence-electron chi connectivity index (χ2n) is 6.56. The lowest BCUT2D eigenvalue weighted by molar-refractivity contribution is -0.384. The first-order valence-corrected chi connectivity index (χ1v) is 11.5. The fourth-order valence-corrected chi connectivity index (χ4v) is 3.34. The van der Waals surface area contributed by atoms with E-state index in [-0.39, 0.29) is 16.3 Å². The quantitative estimate of drug-likeness (QED) is 0.172. The third-order valence-electron chi connectivity index (χ3n) is 4.18. The van der Waals surface area contributed by atoms with E-state index < -0.39 is 14.8 Å². The number of nitrogens with zero attached hydrogens (tertiary/aromatic N) is 2. The van der Waals surface area contributed by atoms with Gasteiger partial charge in [-0.1, -0.05) is 30.3 Å². The van der Waals surface area contributed by atoms with E-state index in [2.05, 4.69) is 33.1 Å². The van der Waals surface area contributed by atoms with Gasteiger partial charge in [0.25, 0.3) is 5.69 Å². The van der Waals surface area contributed by atoms with Crippen LogP contribution in [0.15, 0.2) is 58.4 Å². The molecule has 0 aliphatic heterocycles. The molecule has 0 radical (unpaired) electrons. The maximum absolute atomic E-state index is 11.6. The van der Waals surface area contributed by atoms with E-state index in [9.17, 15) is 18.5 Å². The van der Waals surface area contributed by atoms with Gasteiger partial charge in [0, 0.05) is 38.5 Å². The van der Waals surface area contributed by atoms with E-state index in [0.717, 1.165) is 18.7 Å². The van der Waals surface area contributed by atoms with Gasteiger partial charge in [-0.25, -0.2) is 8.42 Å². The standard InChI is InChI=1S/C20H27N5O4S/c1-3-21-20(23-12-11-16-7-5-4-6-8-16)24-14-13-22-18-10-9-17(30(2,28)29)15-19(18)25(26)27/h4-10,15,22H,3,11-14H2,1-2H3,(H2,21,23,24). The lowest BCUT2D eigenvalue weighted by Crippen LogP contribution is -2.39. The number of aliphatic imine (C=N–C) groups is 1. The highest BCUT2D eigenvalue weighted by Gasteiger charge is 2.18. The maximum atomic E-state index is 11.6. The highest BCUT2D eigenvalue weighted by molar-refractivity contribution is 7.90. The molecule has 9 nitrogen and oxygen atoms in total. The molecule has 3 N–H and O–H groups in total. The van der Waals surface area contributed by atoms with Crippen LogP contribution >= 0.6 is 0 Å². The zero-order chi connectivity index (χ0) is 22.0. The number of hydrogen-bond acceptors (Lipinski definition) is 6. The van der Waals surface area contributed by atoms with Gasteiger partial charge in [0.1, 0.15) is 5.69 Å².